The van der Waals surface area contributed by atoms with Gasteiger partial charge in [0, 0.05) is 5.69 Å². The van der Waals surface area contributed by atoms with Crippen molar-refractivity contribution in [2.24, 2.45) is 0 Å². The quantitative estimate of drug-likeness (QED) is 0.836. The Bertz CT molecular complexity index is 465. The molecule has 0 aromatic heterocycles. The molecule has 0 saturated carbocycles. The largest absolute Gasteiger partial charge is 0.284 e. The van der Waals surface area contributed by atoms with Crippen LogP contribution in [-0.2, 0) is 22.9 Å². The molecular weight excluding hydrogens is 210 g/mol. The number of hydrogen-bond donors (Lipinski definition) is 1. The Labute approximate surface area is 90.6 Å². The standard InChI is InChI=1S/C11H15NO2S/c1-15(13,14)12-11-7-6-9-4-2-3-5-10(9)8-11/h6-8,12H,2-5H2,1H3. The van der Waals surface area contributed by atoms with Crippen molar-refractivity contribution in [3.8, 4) is 0 Å². The van der Waals surface area contributed by atoms with Crippen LogP contribution in [0.2, 0.25) is 0 Å². The molecule has 3 nitrogen and oxygen atoms in total. The van der Waals surface area contributed by atoms with Gasteiger partial charge in [0.05, 0.1) is 6.26 Å². The molecule has 15 heavy (non-hydrogen) atoms. The molecule has 0 saturated heterocycles. The maximum absolute atomic E-state index is 11.1. The van der Waals surface area contributed by atoms with Gasteiger partial charge in [-0.1, -0.05) is 6.07 Å². The SMILES string of the molecule is CS(=O)(=O)Nc1ccc2c(c1)CCCC2. The van der Waals surface area contributed by atoms with E-state index in [1.54, 1.807) is 0 Å². The summed E-state index contributed by atoms with van der Waals surface area (Å²) in [5.74, 6) is 0. The van der Waals surface area contributed by atoms with Crippen LogP contribution in [0.3, 0.4) is 0 Å². The zero-order chi connectivity index (χ0) is 10.9. The molecular formula is C11H15NO2S. The number of fused-ring (bicyclic) bond motifs is 1. The summed E-state index contributed by atoms with van der Waals surface area (Å²) in [6.45, 7) is 0. The zero-order valence-corrected chi connectivity index (χ0v) is 9.60. The topological polar surface area (TPSA) is 46.2 Å². The number of benzene rings is 1. The summed E-state index contributed by atoms with van der Waals surface area (Å²) in [4.78, 5) is 0. The predicted molar refractivity (Wildman–Crippen MR) is 61.6 cm³/mol. The Morgan fingerprint density at radius 3 is 2.47 bits per heavy atom. The van der Waals surface area contributed by atoms with Gasteiger partial charge in [-0.05, 0) is 48.9 Å². The Morgan fingerprint density at radius 1 is 1.13 bits per heavy atom. The van der Waals surface area contributed by atoms with Gasteiger partial charge in [0.2, 0.25) is 10.0 Å². The summed E-state index contributed by atoms with van der Waals surface area (Å²) in [6.07, 6.45) is 5.80. The minimum Gasteiger partial charge on any atom is -0.284 e. The molecule has 82 valence electrons. The zero-order valence-electron chi connectivity index (χ0n) is 8.79. The van der Waals surface area contributed by atoms with Crippen LogP contribution in [0.1, 0.15) is 24.0 Å². The number of rotatable bonds is 2. The lowest BCUT2D eigenvalue weighted by molar-refractivity contribution is 0.607. The average Bonchev–Trinajstić information content (AvgIpc) is 2.15. The fraction of sp³-hybridized carbons (Fsp3) is 0.455. The fourth-order valence-corrected chi connectivity index (χ4v) is 2.57. The summed E-state index contributed by atoms with van der Waals surface area (Å²) in [6, 6.07) is 5.82. The molecule has 1 aliphatic carbocycles. The van der Waals surface area contributed by atoms with Crippen LogP contribution in [0.4, 0.5) is 5.69 Å². The van der Waals surface area contributed by atoms with E-state index in [1.165, 1.54) is 30.2 Å². The lowest BCUT2D eigenvalue weighted by Crippen LogP contribution is -2.11. The van der Waals surface area contributed by atoms with E-state index in [0.29, 0.717) is 5.69 Å². The van der Waals surface area contributed by atoms with E-state index in [0.717, 1.165) is 12.8 Å². The normalized spacial score (nSPS) is 15.8. The third-order valence-corrected chi connectivity index (χ3v) is 3.26. The van der Waals surface area contributed by atoms with E-state index in [-0.39, 0.29) is 0 Å². The monoisotopic (exact) mass is 225 g/mol. The van der Waals surface area contributed by atoms with Crippen molar-refractivity contribution in [2.45, 2.75) is 25.7 Å². The van der Waals surface area contributed by atoms with E-state index < -0.39 is 10.0 Å². The summed E-state index contributed by atoms with van der Waals surface area (Å²) < 4.78 is 24.6. The molecule has 1 N–H and O–H groups in total. The van der Waals surface area contributed by atoms with Crippen LogP contribution < -0.4 is 4.72 Å². The minimum absolute atomic E-state index is 0.679. The number of sulfonamides is 1. The van der Waals surface area contributed by atoms with Crippen LogP contribution in [0.15, 0.2) is 18.2 Å². The predicted octanol–water partition coefficient (Wildman–Crippen LogP) is 1.94. The first kappa shape index (κ1) is 10.5. The molecule has 0 bridgehead atoms. The first-order chi connectivity index (χ1) is 7.04. The molecule has 0 radical (unpaired) electrons. The summed E-state index contributed by atoms with van der Waals surface area (Å²) in [5.41, 5.74) is 3.33. The van der Waals surface area contributed by atoms with Gasteiger partial charge in [0.15, 0.2) is 0 Å². The van der Waals surface area contributed by atoms with E-state index in [9.17, 15) is 8.42 Å². The molecule has 0 unspecified atom stereocenters. The molecule has 0 spiro atoms. The van der Waals surface area contributed by atoms with Crippen molar-refractivity contribution in [1.82, 2.24) is 0 Å². The molecule has 0 aliphatic heterocycles. The first-order valence-corrected chi connectivity index (χ1v) is 7.03. The molecule has 0 atom stereocenters. The van der Waals surface area contributed by atoms with Gasteiger partial charge in [-0.25, -0.2) is 8.42 Å². The van der Waals surface area contributed by atoms with Gasteiger partial charge < -0.3 is 0 Å². The molecule has 4 heteroatoms. The van der Waals surface area contributed by atoms with Gasteiger partial charge >= 0.3 is 0 Å². The van der Waals surface area contributed by atoms with E-state index in [4.69, 9.17) is 0 Å². The molecule has 1 aromatic rings. The van der Waals surface area contributed by atoms with Gasteiger partial charge in [0.25, 0.3) is 0 Å². The Morgan fingerprint density at radius 2 is 1.80 bits per heavy atom. The van der Waals surface area contributed by atoms with Gasteiger partial charge in [-0.3, -0.25) is 4.72 Å². The van der Waals surface area contributed by atoms with Crippen LogP contribution in [-0.4, -0.2) is 14.7 Å². The van der Waals surface area contributed by atoms with Gasteiger partial charge in [-0.15, -0.1) is 0 Å². The second kappa shape index (κ2) is 3.85. The average molecular weight is 225 g/mol. The lowest BCUT2D eigenvalue weighted by atomic mass is 9.91. The van der Waals surface area contributed by atoms with Crippen LogP contribution >= 0.6 is 0 Å². The number of aryl methyl sites for hydroxylation is 2. The minimum atomic E-state index is -3.15. The summed E-state index contributed by atoms with van der Waals surface area (Å²) in [7, 11) is -3.15. The lowest BCUT2D eigenvalue weighted by Gasteiger charge is -2.16. The van der Waals surface area contributed by atoms with Crippen LogP contribution in [0, 0.1) is 0 Å². The second-order valence-electron chi connectivity index (χ2n) is 4.06. The van der Waals surface area contributed by atoms with E-state index in [2.05, 4.69) is 4.72 Å². The van der Waals surface area contributed by atoms with Crippen molar-refractivity contribution in [3.05, 3.63) is 29.3 Å². The summed E-state index contributed by atoms with van der Waals surface area (Å²) >= 11 is 0. The Kier molecular flexibility index (Phi) is 2.69. The molecule has 0 amide bonds. The highest BCUT2D eigenvalue weighted by Crippen LogP contribution is 2.24. The highest BCUT2D eigenvalue weighted by atomic mass is 32.2. The number of nitrogens with one attached hydrogen (secondary N) is 1. The fourth-order valence-electron chi connectivity index (χ4n) is 2.01. The van der Waals surface area contributed by atoms with Crippen molar-refractivity contribution < 1.29 is 8.42 Å². The van der Waals surface area contributed by atoms with Crippen LogP contribution in [0.5, 0.6) is 0 Å². The van der Waals surface area contributed by atoms with Crippen molar-refractivity contribution in [1.29, 1.82) is 0 Å². The van der Waals surface area contributed by atoms with Crippen molar-refractivity contribution in [2.75, 3.05) is 11.0 Å². The van der Waals surface area contributed by atoms with Crippen molar-refractivity contribution in [3.63, 3.8) is 0 Å². The van der Waals surface area contributed by atoms with E-state index in [1.807, 2.05) is 18.2 Å². The maximum atomic E-state index is 11.1. The van der Waals surface area contributed by atoms with Gasteiger partial charge in [0.1, 0.15) is 0 Å². The summed E-state index contributed by atoms with van der Waals surface area (Å²) in [5, 5.41) is 0. The Hall–Kier alpha value is -1.03. The van der Waals surface area contributed by atoms with Crippen LogP contribution in [0.25, 0.3) is 0 Å². The third kappa shape index (κ3) is 2.72. The third-order valence-electron chi connectivity index (χ3n) is 2.65. The van der Waals surface area contributed by atoms with E-state index >= 15 is 0 Å². The number of anilines is 1. The molecule has 1 aliphatic rings. The second-order valence-corrected chi connectivity index (χ2v) is 5.81. The highest BCUT2D eigenvalue weighted by molar-refractivity contribution is 7.92. The molecule has 0 heterocycles. The molecule has 2 rings (SSSR count). The Balaban J connectivity index is 2.28. The highest BCUT2D eigenvalue weighted by Gasteiger charge is 2.10. The smallest absolute Gasteiger partial charge is 0.229 e. The number of hydrogen-bond acceptors (Lipinski definition) is 2. The van der Waals surface area contributed by atoms with Gasteiger partial charge in [-0.2, -0.15) is 0 Å². The molecule has 1 aromatic carbocycles. The first-order valence-electron chi connectivity index (χ1n) is 5.14. The maximum Gasteiger partial charge on any atom is 0.229 e. The molecule has 0 fully saturated rings. The van der Waals surface area contributed by atoms with Crippen molar-refractivity contribution >= 4 is 15.7 Å².